The van der Waals surface area contributed by atoms with Crippen LogP contribution in [0.25, 0.3) is 0 Å². The number of alkyl halides is 3. The molecule has 0 spiro atoms. The number of benzene rings is 2. The van der Waals surface area contributed by atoms with Gasteiger partial charge in [-0.25, -0.2) is 4.79 Å². The lowest BCUT2D eigenvalue weighted by atomic mass is 10.1. The minimum Gasteiger partial charge on any atom is -0.375 e. The van der Waals surface area contributed by atoms with Crippen LogP contribution in [0.3, 0.4) is 0 Å². The van der Waals surface area contributed by atoms with Crippen molar-refractivity contribution in [3.05, 3.63) is 60.2 Å². The number of urea groups is 1. The van der Waals surface area contributed by atoms with Crippen molar-refractivity contribution in [3.63, 3.8) is 0 Å². The Morgan fingerprint density at radius 3 is 2.21 bits per heavy atom. The number of hydrogen-bond acceptors (Lipinski definition) is 4. The van der Waals surface area contributed by atoms with Crippen molar-refractivity contribution in [2.45, 2.75) is 6.18 Å². The zero-order chi connectivity index (χ0) is 20.6. The molecule has 0 fully saturated rings. The van der Waals surface area contributed by atoms with E-state index < -0.39 is 37.1 Å². The van der Waals surface area contributed by atoms with Crippen LogP contribution in [-0.2, 0) is 4.79 Å². The first kappa shape index (κ1) is 20.7. The van der Waals surface area contributed by atoms with E-state index in [-0.39, 0.29) is 5.56 Å². The second-order valence-electron chi connectivity index (χ2n) is 5.57. The molecule has 0 saturated carbocycles. The third-order valence-corrected chi connectivity index (χ3v) is 3.35. The van der Waals surface area contributed by atoms with E-state index in [9.17, 15) is 27.6 Å². The van der Waals surface area contributed by atoms with E-state index >= 15 is 0 Å². The quantitative estimate of drug-likeness (QED) is 0.605. The third-order valence-electron chi connectivity index (χ3n) is 3.35. The highest BCUT2D eigenvalue weighted by atomic mass is 19.4. The largest absolute Gasteiger partial charge is 0.405 e. The van der Waals surface area contributed by atoms with Crippen LogP contribution in [-0.4, -0.2) is 37.1 Å². The van der Waals surface area contributed by atoms with Crippen LogP contribution >= 0.6 is 0 Å². The fourth-order valence-corrected chi connectivity index (χ4v) is 2.13. The van der Waals surface area contributed by atoms with Crippen molar-refractivity contribution >= 4 is 29.2 Å². The Labute approximate surface area is 158 Å². The second kappa shape index (κ2) is 9.40. The Bertz CT molecular complexity index is 841. The van der Waals surface area contributed by atoms with E-state index in [1.165, 1.54) is 11.4 Å². The molecule has 0 aliphatic carbocycles. The summed E-state index contributed by atoms with van der Waals surface area (Å²) >= 11 is 0. The Balaban J connectivity index is 1.91. The average molecular weight is 394 g/mol. The number of nitrogens with one attached hydrogen (secondary N) is 4. The number of rotatable bonds is 6. The Kier molecular flexibility index (Phi) is 6.96. The van der Waals surface area contributed by atoms with Gasteiger partial charge in [0, 0.05) is 11.4 Å². The van der Waals surface area contributed by atoms with E-state index in [2.05, 4.69) is 10.6 Å². The molecule has 2 rings (SSSR count). The summed E-state index contributed by atoms with van der Waals surface area (Å²) in [5.74, 6) is -1.28. The van der Waals surface area contributed by atoms with Gasteiger partial charge in [-0.15, -0.1) is 0 Å². The van der Waals surface area contributed by atoms with Gasteiger partial charge in [-0.05, 0) is 24.3 Å². The maximum Gasteiger partial charge on any atom is 0.405 e. The molecular formula is C18H17F3N4O3. The predicted molar refractivity (Wildman–Crippen MR) is 96.9 cm³/mol. The minimum atomic E-state index is -4.58. The van der Waals surface area contributed by atoms with Crippen LogP contribution in [0, 0.1) is 0 Å². The first-order valence-corrected chi connectivity index (χ1v) is 8.08. The number of para-hydroxylation sites is 2. The molecule has 0 aromatic heterocycles. The molecule has 10 heteroatoms. The summed E-state index contributed by atoms with van der Waals surface area (Å²) < 4.78 is 36.1. The molecule has 0 bridgehead atoms. The van der Waals surface area contributed by atoms with E-state index in [0.29, 0.717) is 11.4 Å². The molecule has 4 amide bonds. The number of amides is 4. The normalized spacial score (nSPS) is 10.7. The van der Waals surface area contributed by atoms with Crippen LogP contribution in [0.5, 0.6) is 0 Å². The molecule has 0 radical (unpaired) electrons. The molecule has 7 nitrogen and oxygen atoms in total. The van der Waals surface area contributed by atoms with Gasteiger partial charge in [0.25, 0.3) is 5.91 Å². The van der Waals surface area contributed by atoms with Crippen molar-refractivity contribution in [3.8, 4) is 0 Å². The van der Waals surface area contributed by atoms with Crippen LogP contribution in [0.15, 0.2) is 54.6 Å². The van der Waals surface area contributed by atoms with Gasteiger partial charge in [-0.3, -0.25) is 14.9 Å². The van der Waals surface area contributed by atoms with Gasteiger partial charge in [-0.1, -0.05) is 30.3 Å². The molecule has 2 aromatic rings. The number of imide groups is 1. The molecule has 0 unspecified atom stereocenters. The van der Waals surface area contributed by atoms with E-state index in [4.69, 9.17) is 0 Å². The lowest BCUT2D eigenvalue weighted by molar-refractivity contribution is -0.124. The molecule has 4 N–H and O–H groups in total. The van der Waals surface area contributed by atoms with Crippen molar-refractivity contribution < 1.29 is 27.6 Å². The van der Waals surface area contributed by atoms with Gasteiger partial charge in [0.1, 0.15) is 6.54 Å². The van der Waals surface area contributed by atoms with Crippen molar-refractivity contribution in [1.29, 1.82) is 0 Å². The van der Waals surface area contributed by atoms with Crippen LogP contribution in [0.4, 0.5) is 29.3 Å². The van der Waals surface area contributed by atoms with Crippen molar-refractivity contribution in [2.24, 2.45) is 0 Å². The highest BCUT2D eigenvalue weighted by Crippen LogP contribution is 2.17. The molecule has 0 aliphatic heterocycles. The first-order valence-electron chi connectivity index (χ1n) is 8.08. The first-order chi connectivity index (χ1) is 13.2. The molecule has 0 aliphatic rings. The average Bonchev–Trinajstić information content (AvgIpc) is 2.65. The maximum atomic E-state index is 12.4. The Morgan fingerprint density at radius 1 is 0.893 bits per heavy atom. The Morgan fingerprint density at radius 2 is 1.54 bits per heavy atom. The van der Waals surface area contributed by atoms with E-state index in [0.717, 1.165) is 0 Å². The number of hydrogen-bond donors (Lipinski definition) is 4. The zero-order valence-corrected chi connectivity index (χ0v) is 14.5. The zero-order valence-electron chi connectivity index (χ0n) is 14.5. The van der Waals surface area contributed by atoms with Crippen LogP contribution in [0.2, 0.25) is 0 Å². The maximum absolute atomic E-state index is 12.4. The van der Waals surface area contributed by atoms with Gasteiger partial charge in [-0.2, -0.15) is 13.2 Å². The molecule has 0 heterocycles. The SMILES string of the molecule is O=C(CNc1ccccc1C(=O)Nc1ccccc1)NC(=O)NCC(F)(F)F. The van der Waals surface area contributed by atoms with Gasteiger partial charge in [0.2, 0.25) is 5.91 Å². The van der Waals surface area contributed by atoms with E-state index in [1.54, 1.807) is 53.8 Å². The van der Waals surface area contributed by atoms with Gasteiger partial charge in [0.15, 0.2) is 0 Å². The fourth-order valence-electron chi connectivity index (χ4n) is 2.13. The number of halogens is 3. The topological polar surface area (TPSA) is 99.3 Å². The molecule has 148 valence electrons. The monoisotopic (exact) mass is 394 g/mol. The number of carbonyl (C=O) groups excluding carboxylic acids is 3. The molecule has 0 atom stereocenters. The summed E-state index contributed by atoms with van der Waals surface area (Å²) in [6.45, 7) is -1.98. The highest BCUT2D eigenvalue weighted by Gasteiger charge is 2.27. The van der Waals surface area contributed by atoms with Gasteiger partial charge >= 0.3 is 12.2 Å². The van der Waals surface area contributed by atoms with Gasteiger partial charge < -0.3 is 16.0 Å². The summed E-state index contributed by atoms with van der Waals surface area (Å²) in [4.78, 5) is 35.4. The lowest BCUT2D eigenvalue weighted by Gasteiger charge is -2.13. The highest BCUT2D eigenvalue weighted by molar-refractivity contribution is 6.08. The summed E-state index contributed by atoms with van der Waals surface area (Å²) in [6.07, 6.45) is -4.58. The van der Waals surface area contributed by atoms with Crippen molar-refractivity contribution in [1.82, 2.24) is 10.6 Å². The standard InChI is InChI=1S/C18H17F3N4O3/c19-18(20,21)11-23-17(28)25-15(26)10-22-14-9-5-4-8-13(14)16(27)24-12-6-2-1-3-7-12/h1-9,22H,10-11H2,(H,24,27)(H2,23,25,26,28). The summed E-state index contributed by atoms with van der Waals surface area (Å²) in [5, 5.41) is 8.66. The Hall–Kier alpha value is -3.56. The molecular weight excluding hydrogens is 377 g/mol. The summed E-state index contributed by atoms with van der Waals surface area (Å²) in [6, 6.07) is 13.8. The van der Waals surface area contributed by atoms with Gasteiger partial charge in [0.05, 0.1) is 12.1 Å². The second-order valence-corrected chi connectivity index (χ2v) is 5.57. The van der Waals surface area contributed by atoms with Crippen molar-refractivity contribution in [2.75, 3.05) is 23.7 Å². The molecule has 2 aromatic carbocycles. The van der Waals surface area contributed by atoms with Crippen LogP contribution in [0.1, 0.15) is 10.4 Å². The minimum absolute atomic E-state index is 0.251. The number of carbonyl (C=O) groups is 3. The van der Waals surface area contributed by atoms with Crippen LogP contribution < -0.4 is 21.3 Å². The molecule has 28 heavy (non-hydrogen) atoms. The summed E-state index contributed by atoms with van der Waals surface area (Å²) in [7, 11) is 0. The van der Waals surface area contributed by atoms with E-state index in [1.807, 2.05) is 0 Å². The lowest BCUT2D eigenvalue weighted by Crippen LogP contribution is -2.45. The third kappa shape index (κ3) is 6.98. The molecule has 0 saturated heterocycles. The number of anilines is 2. The summed E-state index contributed by atoms with van der Waals surface area (Å²) in [5.41, 5.74) is 1.16. The smallest absolute Gasteiger partial charge is 0.375 e. The fraction of sp³-hybridized carbons (Fsp3) is 0.167. The predicted octanol–water partition coefficient (Wildman–Crippen LogP) is 2.74.